The van der Waals surface area contributed by atoms with E-state index in [9.17, 15) is 0 Å². The first-order valence-electron chi connectivity index (χ1n) is 8.63. The molecule has 2 aromatic heterocycles. The van der Waals surface area contributed by atoms with E-state index in [4.69, 9.17) is 0 Å². The Morgan fingerprint density at radius 3 is 2.52 bits per heavy atom. The number of nitrogens with one attached hydrogen (secondary N) is 4. The molecule has 4 rings (SSSR count). The third-order valence-corrected chi connectivity index (χ3v) is 4.45. The van der Waals surface area contributed by atoms with Gasteiger partial charge in [0.2, 0.25) is 0 Å². The Kier molecular flexibility index (Phi) is 4.42. The van der Waals surface area contributed by atoms with Gasteiger partial charge in [-0.05, 0) is 41.8 Å². The highest BCUT2D eigenvalue weighted by atomic mass is 14.9. The monoisotopic (exact) mass is 330 g/mol. The molecule has 0 saturated carbocycles. The molecule has 0 aliphatic heterocycles. The Hall–Kier alpha value is -3.14. The van der Waals surface area contributed by atoms with Crippen LogP contribution in [0.2, 0.25) is 0 Å². The number of para-hydroxylation sites is 1. The third kappa shape index (κ3) is 3.69. The summed E-state index contributed by atoms with van der Waals surface area (Å²) in [5.74, 6) is 0. The van der Waals surface area contributed by atoms with Crippen molar-refractivity contribution >= 4 is 22.3 Å². The number of benzene rings is 2. The summed E-state index contributed by atoms with van der Waals surface area (Å²) in [4.78, 5) is 6.38. The highest BCUT2D eigenvalue weighted by Gasteiger charge is 2.02. The zero-order valence-corrected chi connectivity index (χ0v) is 14.0. The van der Waals surface area contributed by atoms with Gasteiger partial charge >= 0.3 is 0 Å². The van der Waals surface area contributed by atoms with Gasteiger partial charge in [-0.15, -0.1) is 0 Å². The Balaban J connectivity index is 1.29. The number of fused-ring (bicyclic) bond motifs is 1. The third-order valence-electron chi connectivity index (χ3n) is 4.45. The van der Waals surface area contributed by atoms with Crippen LogP contribution in [0.5, 0.6) is 0 Å². The van der Waals surface area contributed by atoms with Gasteiger partial charge in [0.05, 0.1) is 5.69 Å². The van der Waals surface area contributed by atoms with Gasteiger partial charge in [0.15, 0.2) is 0 Å². The van der Waals surface area contributed by atoms with Crippen molar-refractivity contribution in [1.29, 1.82) is 0 Å². The van der Waals surface area contributed by atoms with E-state index < -0.39 is 0 Å². The molecule has 4 N–H and O–H groups in total. The molecule has 0 radical (unpaired) electrons. The highest BCUT2D eigenvalue weighted by molar-refractivity contribution is 5.83. The van der Waals surface area contributed by atoms with Gasteiger partial charge in [-0.3, -0.25) is 0 Å². The Morgan fingerprint density at radius 1 is 0.800 bits per heavy atom. The number of anilines is 2. The molecule has 2 aromatic carbocycles. The van der Waals surface area contributed by atoms with Crippen LogP contribution < -0.4 is 10.6 Å². The SMILES string of the molecule is c1ccc2c(CCNc3ccc(CNc4cc[nH]c4)cc3)c[nH]c2c1. The average molecular weight is 330 g/mol. The van der Waals surface area contributed by atoms with E-state index in [2.05, 4.69) is 75.3 Å². The summed E-state index contributed by atoms with van der Waals surface area (Å²) in [5.41, 5.74) is 6.10. The molecular weight excluding hydrogens is 308 g/mol. The van der Waals surface area contributed by atoms with Crippen molar-refractivity contribution < 1.29 is 0 Å². The molecular formula is C21H22N4. The summed E-state index contributed by atoms with van der Waals surface area (Å²) in [6, 6.07) is 19.1. The molecule has 4 heteroatoms. The number of H-pyrrole nitrogens is 2. The van der Waals surface area contributed by atoms with Crippen LogP contribution in [0, 0.1) is 0 Å². The van der Waals surface area contributed by atoms with Crippen LogP contribution in [0.25, 0.3) is 10.9 Å². The molecule has 0 unspecified atom stereocenters. The van der Waals surface area contributed by atoms with Crippen LogP contribution in [0.1, 0.15) is 11.1 Å². The Labute approximate surface area is 147 Å². The lowest BCUT2D eigenvalue weighted by Crippen LogP contribution is -2.05. The maximum absolute atomic E-state index is 3.51. The number of rotatable bonds is 7. The molecule has 25 heavy (non-hydrogen) atoms. The number of hydrogen-bond donors (Lipinski definition) is 4. The van der Waals surface area contributed by atoms with Crippen molar-refractivity contribution in [2.75, 3.05) is 17.2 Å². The lowest BCUT2D eigenvalue weighted by molar-refractivity contribution is 1.03. The maximum Gasteiger partial charge on any atom is 0.0520 e. The van der Waals surface area contributed by atoms with Crippen LogP contribution >= 0.6 is 0 Å². The second-order valence-corrected chi connectivity index (χ2v) is 6.19. The largest absolute Gasteiger partial charge is 0.385 e. The summed E-state index contributed by atoms with van der Waals surface area (Å²) < 4.78 is 0. The number of aromatic amines is 2. The Bertz CT molecular complexity index is 920. The number of hydrogen-bond acceptors (Lipinski definition) is 2. The molecule has 0 bridgehead atoms. The molecule has 0 fully saturated rings. The van der Waals surface area contributed by atoms with E-state index >= 15 is 0 Å². The number of aromatic nitrogens is 2. The molecule has 4 nitrogen and oxygen atoms in total. The summed E-state index contributed by atoms with van der Waals surface area (Å²) in [6.45, 7) is 1.75. The first-order chi connectivity index (χ1) is 12.4. The lowest BCUT2D eigenvalue weighted by atomic mass is 10.1. The molecule has 0 aliphatic carbocycles. The van der Waals surface area contributed by atoms with Gasteiger partial charge < -0.3 is 20.6 Å². The van der Waals surface area contributed by atoms with Gasteiger partial charge in [0.1, 0.15) is 0 Å². The smallest absolute Gasteiger partial charge is 0.0520 e. The fourth-order valence-electron chi connectivity index (χ4n) is 3.06. The van der Waals surface area contributed by atoms with Gasteiger partial charge in [0.25, 0.3) is 0 Å². The van der Waals surface area contributed by atoms with Crippen molar-refractivity contribution in [1.82, 2.24) is 9.97 Å². The molecule has 4 aromatic rings. The minimum absolute atomic E-state index is 0.827. The van der Waals surface area contributed by atoms with E-state index in [-0.39, 0.29) is 0 Å². The van der Waals surface area contributed by atoms with Gasteiger partial charge in [-0.25, -0.2) is 0 Å². The summed E-state index contributed by atoms with van der Waals surface area (Å²) in [5, 5.41) is 8.20. The van der Waals surface area contributed by atoms with Crippen molar-refractivity contribution in [3.05, 3.63) is 84.3 Å². The van der Waals surface area contributed by atoms with Gasteiger partial charge in [-0.2, -0.15) is 0 Å². The normalized spacial score (nSPS) is 10.9. The highest BCUT2D eigenvalue weighted by Crippen LogP contribution is 2.18. The first-order valence-corrected chi connectivity index (χ1v) is 8.63. The average Bonchev–Trinajstić information content (AvgIpc) is 3.31. The second-order valence-electron chi connectivity index (χ2n) is 6.19. The second kappa shape index (κ2) is 7.18. The van der Waals surface area contributed by atoms with E-state index in [1.807, 2.05) is 18.5 Å². The Morgan fingerprint density at radius 2 is 1.68 bits per heavy atom. The molecule has 0 atom stereocenters. The zero-order chi connectivity index (χ0) is 16.9. The van der Waals surface area contributed by atoms with Crippen molar-refractivity contribution in [2.24, 2.45) is 0 Å². The van der Waals surface area contributed by atoms with Crippen LogP contribution in [-0.2, 0) is 13.0 Å². The topological polar surface area (TPSA) is 55.6 Å². The lowest BCUT2D eigenvalue weighted by Gasteiger charge is -2.08. The van der Waals surface area contributed by atoms with Gasteiger partial charge in [0, 0.05) is 48.3 Å². The molecule has 0 amide bonds. The molecule has 0 saturated heterocycles. The molecule has 0 aliphatic rings. The zero-order valence-electron chi connectivity index (χ0n) is 14.0. The summed E-state index contributed by atoms with van der Waals surface area (Å²) >= 11 is 0. The van der Waals surface area contributed by atoms with Crippen molar-refractivity contribution in [3.63, 3.8) is 0 Å². The quantitative estimate of drug-likeness (QED) is 0.395. The van der Waals surface area contributed by atoms with Gasteiger partial charge in [-0.1, -0.05) is 30.3 Å². The summed E-state index contributed by atoms with van der Waals surface area (Å²) in [6.07, 6.45) is 6.99. The van der Waals surface area contributed by atoms with Crippen LogP contribution in [0.3, 0.4) is 0 Å². The molecule has 0 spiro atoms. The minimum atomic E-state index is 0.827. The minimum Gasteiger partial charge on any atom is -0.385 e. The van der Waals surface area contributed by atoms with Crippen LogP contribution in [0.15, 0.2) is 73.2 Å². The summed E-state index contributed by atoms with van der Waals surface area (Å²) in [7, 11) is 0. The standard InChI is InChI=1S/C21H22N4/c1-2-4-21-20(3-1)17(14-25-21)9-12-23-18-7-5-16(6-8-18)13-24-19-10-11-22-15-19/h1-8,10-11,14-15,22-25H,9,12-13H2. The fourth-order valence-corrected chi connectivity index (χ4v) is 3.06. The predicted octanol–water partition coefficient (Wildman–Crippen LogP) is 4.76. The van der Waals surface area contributed by atoms with E-state index in [1.54, 1.807) is 0 Å². The van der Waals surface area contributed by atoms with Crippen molar-refractivity contribution in [2.45, 2.75) is 13.0 Å². The first kappa shape index (κ1) is 15.4. The molecule has 2 heterocycles. The van der Waals surface area contributed by atoms with E-state index in [0.717, 1.165) is 30.9 Å². The predicted molar refractivity (Wildman–Crippen MR) is 105 cm³/mol. The van der Waals surface area contributed by atoms with E-state index in [1.165, 1.54) is 22.0 Å². The van der Waals surface area contributed by atoms with Crippen LogP contribution in [-0.4, -0.2) is 16.5 Å². The fraction of sp³-hybridized carbons (Fsp3) is 0.143. The van der Waals surface area contributed by atoms with Crippen LogP contribution in [0.4, 0.5) is 11.4 Å². The maximum atomic E-state index is 3.51. The van der Waals surface area contributed by atoms with Crippen molar-refractivity contribution in [3.8, 4) is 0 Å². The molecule has 126 valence electrons. The van der Waals surface area contributed by atoms with E-state index in [0.29, 0.717) is 0 Å².